The Morgan fingerprint density at radius 3 is 2.57 bits per heavy atom. The van der Waals surface area contributed by atoms with Crippen LogP contribution in [0.25, 0.3) is 11.0 Å². The van der Waals surface area contributed by atoms with Crippen molar-refractivity contribution in [2.45, 2.75) is 19.9 Å². The van der Waals surface area contributed by atoms with Crippen molar-refractivity contribution in [1.82, 2.24) is 23.6 Å². The van der Waals surface area contributed by atoms with Crippen LogP contribution in [0.15, 0.2) is 36.8 Å². The van der Waals surface area contributed by atoms with Crippen LogP contribution < -0.4 is 9.62 Å². The molecule has 0 saturated carbocycles. The van der Waals surface area contributed by atoms with E-state index in [0.29, 0.717) is 0 Å². The topological polar surface area (TPSA) is 83.4 Å². The number of nitrogens with zero attached hydrogens (tertiary/aromatic N) is 5. The van der Waals surface area contributed by atoms with Gasteiger partial charge in [-0.2, -0.15) is 17.4 Å². The van der Waals surface area contributed by atoms with E-state index in [1.54, 1.807) is 12.5 Å². The van der Waals surface area contributed by atoms with Crippen LogP contribution in [-0.4, -0.2) is 48.4 Å². The zero-order chi connectivity index (χ0) is 20.5. The van der Waals surface area contributed by atoms with E-state index in [1.165, 1.54) is 14.1 Å². The average Bonchev–Trinajstić information content (AvgIpc) is 3.05. The van der Waals surface area contributed by atoms with Crippen molar-refractivity contribution in [3.8, 4) is 0 Å². The van der Waals surface area contributed by atoms with E-state index in [1.807, 2.05) is 47.8 Å². The minimum atomic E-state index is -3.45. The number of hydrogen-bond donors (Lipinski definition) is 1. The van der Waals surface area contributed by atoms with Crippen LogP contribution >= 0.6 is 0 Å². The molecule has 3 rings (SSSR count). The third kappa shape index (κ3) is 4.01. The summed E-state index contributed by atoms with van der Waals surface area (Å²) in [5.74, 6) is 0.826. The van der Waals surface area contributed by atoms with Gasteiger partial charge in [-0.15, -0.1) is 0 Å². The number of benzene rings is 1. The molecule has 0 aliphatic carbocycles. The summed E-state index contributed by atoms with van der Waals surface area (Å²) in [6, 6.07) is 7.99. The van der Waals surface area contributed by atoms with Crippen molar-refractivity contribution in [3.63, 3.8) is 0 Å². The van der Waals surface area contributed by atoms with Crippen molar-refractivity contribution in [2.24, 2.45) is 7.05 Å². The lowest BCUT2D eigenvalue weighted by Crippen LogP contribution is -2.35. The van der Waals surface area contributed by atoms with Gasteiger partial charge >= 0.3 is 0 Å². The number of imidazole rings is 1. The number of anilines is 2. The molecule has 3 aromatic rings. The molecule has 0 aliphatic rings. The molecule has 2 heterocycles. The fourth-order valence-electron chi connectivity index (χ4n) is 2.99. The van der Waals surface area contributed by atoms with Gasteiger partial charge in [0.2, 0.25) is 0 Å². The highest BCUT2D eigenvalue weighted by molar-refractivity contribution is 7.87. The molecule has 9 heteroatoms. The quantitative estimate of drug-likeness (QED) is 0.655. The summed E-state index contributed by atoms with van der Waals surface area (Å²) in [4.78, 5) is 10.9. The molecule has 0 unspecified atom stereocenters. The van der Waals surface area contributed by atoms with Crippen LogP contribution in [0.2, 0.25) is 0 Å². The Balaban J connectivity index is 1.87. The number of fused-ring (bicyclic) bond motifs is 1. The lowest BCUT2D eigenvalue weighted by Gasteiger charge is -2.22. The van der Waals surface area contributed by atoms with Crippen LogP contribution in [0.1, 0.15) is 18.1 Å². The molecular weight excluding hydrogens is 376 g/mol. The second-order valence-electron chi connectivity index (χ2n) is 6.87. The lowest BCUT2D eigenvalue weighted by atomic mass is 10.1. The van der Waals surface area contributed by atoms with Gasteiger partial charge in [0.25, 0.3) is 10.2 Å². The molecular formula is C19H26N6O2S. The predicted octanol–water partition coefficient (Wildman–Crippen LogP) is 2.19. The first-order valence-corrected chi connectivity index (χ1v) is 10.5. The van der Waals surface area contributed by atoms with Gasteiger partial charge in [-0.1, -0.05) is 19.1 Å². The maximum absolute atomic E-state index is 11.9. The van der Waals surface area contributed by atoms with E-state index in [2.05, 4.69) is 21.6 Å². The summed E-state index contributed by atoms with van der Waals surface area (Å²) in [6.07, 6.45) is 4.37. The van der Waals surface area contributed by atoms with E-state index < -0.39 is 10.2 Å². The Morgan fingerprint density at radius 2 is 1.89 bits per heavy atom. The van der Waals surface area contributed by atoms with Gasteiger partial charge in [0, 0.05) is 46.5 Å². The molecule has 0 amide bonds. The third-order valence-corrected chi connectivity index (χ3v) is 6.24. The van der Waals surface area contributed by atoms with Crippen molar-refractivity contribution in [3.05, 3.63) is 47.9 Å². The molecule has 2 aromatic heterocycles. The first-order chi connectivity index (χ1) is 13.2. The smallest absolute Gasteiger partial charge is 0.279 e. The molecule has 0 fully saturated rings. The molecule has 28 heavy (non-hydrogen) atoms. The maximum Gasteiger partial charge on any atom is 0.279 e. The van der Waals surface area contributed by atoms with Gasteiger partial charge in [-0.3, -0.25) is 0 Å². The fraction of sp³-hybridized carbons (Fsp3) is 0.368. The molecule has 0 bridgehead atoms. The normalized spacial score (nSPS) is 12.1. The Hall–Kier alpha value is -2.49. The summed E-state index contributed by atoms with van der Waals surface area (Å²) in [6.45, 7) is 2.33. The molecule has 8 nitrogen and oxygen atoms in total. The second-order valence-corrected chi connectivity index (χ2v) is 8.84. The highest BCUT2D eigenvalue weighted by Gasteiger charge is 2.15. The number of aryl methyl sites for hydroxylation is 2. The largest absolute Gasteiger partial charge is 0.334 e. The Kier molecular flexibility index (Phi) is 5.69. The van der Waals surface area contributed by atoms with Gasteiger partial charge in [0.05, 0.1) is 18.0 Å². The van der Waals surface area contributed by atoms with Crippen LogP contribution in [0, 0.1) is 0 Å². The molecule has 1 N–H and O–H groups in total. The number of aromatic nitrogens is 3. The molecule has 0 aliphatic heterocycles. The van der Waals surface area contributed by atoms with E-state index in [0.717, 1.165) is 44.4 Å². The fourth-order valence-corrected chi connectivity index (χ4v) is 3.60. The van der Waals surface area contributed by atoms with Gasteiger partial charge in [-0.05, 0) is 23.6 Å². The predicted molar refractivity (Wildman–Crippen MR) is 112 cm³/mol. The van der Waals surface area contributed by atoms with E-state index in [4.69, 9.17) is 0 Å². The van der Waals surface area contributed by atoms with Crippen molar-refractivity contribution >= 4 is 32.7 Å². The first kappa shape index (κ1) is 20.2. The zero-order valence-corrected chi connectivity index (χ0v) is 17.7. The van der Waals surface area contributed by atoms with E-state index in [9.17, 15) is 8.42 Å². The molecule has 0 atom stereocenters. The number of nitrogens with one attached hydrogen (secondary N) is 1. The standard InChI is InChI=1S/C19H26N6O2S/c1-6-15-9-14(11-22-28(26,27)23(2)3)7-8-17(15)25(5)19-10-18-16(12-20-19)21-13-24(18)4/h7-10,12-13,22H,6,11H2,1-5H3. The monoisotopic (exact) mass is 402 g/mol. The summed E-state index contributed by atoms with van der Waals surface area (Å²) in [7, 11) is 3.50. The van der Waals surface area contributed by atoms with Gasteiger partial charge in [-0.25, -0.2) is 9.97 Å². The SMILES string of the molecule is CCc1cc(CNS(=O)(=O)N(C)C)ccc1N(C)c1cc2c(cn1)ncn2C. The van der Waals surface area contributed by atoms with Crippen LogP contribution in [0.3, 0.4) is 0 Å². The number of pyridine rings is 1. The van der Waals surface area contributed by atoms with Crippen molar-refractivity contribution < 1.29 is 8.42 Å². The summed E-state index contributed by atoms with van der Waals surface area (Å²) in [5.41, 5.74) is 4.95. The van der Waals surface area contributed by atoms with Gasteiger partial charge in [0.1, 0.15) is 11.3 Å². The van der Waals surface area contributed by atoms with Crippen molar-refractivity contribution in [1.29, 1.82) is 0 Å². The van der Waals surface area contributed by atoms with E-state index in [-0.39, 0.29) is 6.54 Å². The molecule has 0 radical (unpaired) electrons. The molecule has 1 aromatic carbocycles. The summed E-state index contributed by atoms with van der Waals surface area (Å²) < 4.78 is 29.6. The van der Waals surface area contributed by atoms with Gasteiger partial charge in [0.15, 0.2) is 0 Å². The Bertz CT molecular complexity index is 1090. The van der Waals surface area contributed by atoms with Crippen LogP contribution in [-0.2, 0) is 30.2 Å². The van der Waals surface area contributed by atoms with E-state index >= 15 is 0 Å². The van der Waals surface area contributed by atoms with Crippen LogP contribution in [0.4, 0.5) is 11.5 Å². The Morgan fingerprint density at radius 1 is 1.14 bits per heavy atom. The van der Waals surface area contributed by atoms with Crippen LogP contribution in [0.5, 0.6) is 0 Å². The molecule has 0 saturated heterocycles. The lowest BCUT2D eigenvalue weighted by molar-refractivity contribution is 0.505. The summed E-state index contributed by atoms with van der Waals surface area (Å²) in [5, 5.41) is 0. The zero-order valence-electron chi connectivity index (χ0n) is 16.8. The minimum absolute atomic E-state index is 0.247. The van der Waals surface area contributed by atoms with Crippen molar-refractivity contribution in [2.75, 3.05) is 26.0 Å². The molecule has 0 spiro atoms. The minimum Gasteiger partial charge on any atom is -0.334 e. The summed E-state index contributed by atoms with van der Waals surface area (Å²) >= 11 is 0. The number of rotatable bonds is 7. The third-order valence-electron chi connectivity index (χ3n) is 4.77. The highest BCUT2D eigenvalue weighted by atomic mass is 32.2. The van der Waals surface area contributed by atoms with Gasteiger partial charge < -0.3 is 9.47 Å². The second kappa shape index (κ2) is 7.86. The Labute approximate surface area is 166 Å². The highest BCUT2D eigenvalue weighted by Crippen LogP contribution is 2.28. The first-order valence-electron chi connectivity index (χ1n) is 9.02. The number of hydrogen-bond acceptors (Lipinski definition) is 5. The maximum atomic E-state index is 11.9. The molecule has 150 valence electrons. The average molecular weight is 403 g/mol.